The fourth-order valence-corrected chi connectivity index (χ4v) is 2.90. The monoisotopic (exact) mass is 251 g/mol. The predicted octanol–water partition coefficient (Wildman–Crippen LogP) is 1.39. The Labute approximate surface area is 106 Å². The highest BCUT2D eigenvalue weighted by atomic mass is 32.1. The van der Waals surface area contributed by atoms with Crippen molar-refractivity contribution >= 4 is 11.3 Å². The van der Waals surface area contributed by atoms with Gasteiger partial charge in [-0.15, -0.1) is 11.3 Å². The van der Waals surface area contributed by atoms with Crippen molar-refractivity contribution < 1.29 is 4.74 Å². The van der Waals surface area contributed by atoms with Crippen molar-refractivity contribution in [3.8, 4) is 6.07 Å². The fourth-order valence-electron chi connectivity index (χ4n) is 1.91. The molecule has 0 aliphatic carbocycles. The highest BCUT2D eigenvalue weighted by Gasteiger charge is 2.12. The fraction of sp³-hybridized carbons (Fsp3) is 0.667. The van der Waals surface area contributed by atoms with Crippen LogP contribution in [-0.4, -0.2) is 42.7 Å². The molecular weight excluding hydrogens is 234 g/mol. The number of aromatic nitrogens is 1. The summed E-state index contributed by atoms with van der Waals surface area (Å²) >= 11 is 1.68. The SMILES string of the molecule is Cc1nc(CCN2CCOCC2)sc1CC#N. The number of morpholine rings is 1. The molecule has 0 radical (unpaired) electrons. The minimum atomic E-state index is 0.487. The summed E-state index contributed by atoms with van der Waals surface area (Å²) in [4.78, 5) is 8.05. The molecule has 1 fully saturated rings. The maximum Gasteiger partial charge on any atom is 0.0944 e. The largest absolute Gasteiger partial charge is 0.379 e. The van der Waals surface area contributed by atoms with Gasteiger partial charge in [-0.25, -0.2) is 4.98 Å². The van der Waals surface area contributed by atoms with E-state index < -0.39 is 0 Å². The number of nitriles is 1. The van der Waals surface area contributed by atoms with Crippen molar-refractivity contribution in [1.29, 1.82) is 5.26 Å². The Morgan fingerprint density at radius 1 is 1.47 bits per heavy atom. The normalized spacial score (nSPS) is 16.9. The number of rotatable bonds is 4. The number of thiazole rings is 1. The summed E-state index contributed by atoms with van der Waals surface area (Å²) in [6.45, 7) is 6.77. The van der Waals surface area contributed by atoms with Gasteiger partial charge in [-0.1, -0.05) is 0 Å². The van der Waals surface area contributed by atoms with Gasteiger partial charge in [0, 0.05) is 30.9 Å². The lowest BCUT2D eigenvalue weighted by Crippen LogP contribution is -2.37. The Balaban J connectivity index is 1.86. The van der Waals surface area contributed by atoms with Gasteiger partial charge in [0.1, 0.15) is 0 Å². The van der Waals surface area contributed by atoms with E-state index >= 15 is 0 Å². The number of hydrogen-bond donors (Lipinski definition) is 0. The first-order valence-corrected chi connectivity index (χ1v) is 6.73. The molecule has 0 N–H and O–H groups in total. The molecule has 4 nitrogen and oxygen atoms in total. The van der Waals surface area contributed by atoms with Gasteiger partial charge in [-0.3, -0.25) is 4.90 Å². The Morgan fingerprint density at radius 3 is 2.94 bits per heavy atom. The first kappa shape index (κ1) is 12.5. The average Bonchev–Trinajstić information content (AvgIpc) is 2.70. The molecule has 0 spiro atoms. The van der Waals surface area contributed by atoms with E-state index in [0.29, 0.717) is 6.42 Å². The second-order valence-electron chi connectivity index (χ2n) is 4.16. The Kier molecular flexibility index (Phi) is 4.49. The van der Waals surface area contributed by atoms with E-state index in [1.807, 2.05) is 6.92 Å². The molecule has 1 aliphatic rings. The van der Waals surface area contributed by atoms with E-state index in [4.69, 9.17) is 10.00 Å². The molecule has 2 heterocycles. The van der Waals surface area contributed by atoms with E-state index in [9.17, 15) is 0 Å². The Hall–Kier alpha value is -0.960. The van der Waals surface area contributed by atoms with Crippen LogP contribution in [0, 0.1) is 18.3 Å². The molecule has 2 rings (SSSR count). The van der Waals surface area contributed by atoms with E-state index in [0.717, 1.165) is 54.8 Å². The lowest BCUT2D eigenvalue weighted by Gasteiger charge is -2.25. The molecule has 1 aliphatic heterocycles. The lowest BCUT2D eigenvalue weighted by molar-refractivity contribution is 0.0384. The van der Waals surface area contributed by atoms with Crippen LogP contribution in [0.2, 0.25) is 0 Å². The van der Waals surface area contributed by atoms with Crippen LogP contribution in [0.3, 0.4) is 0 Å². The van der Waals surface area contributed by atoms with Crippen LogP contribution in [0.25, 0.3) is 0 Å². The molecular formula is C12H17N3OS. The van der Waals surface area contributed by atoms with Crippen LogP contribution >= 0.6 is 11.3 Å². The van der Waals surface area contributed by atoms with E-state index in [1.54, 1.807) is 11.3 Å². The zero-order valence-electron chi connectivity index (χ0n) is 10.1. The van der Waals surface area contributed by atoms with Gasteiger partial charge in [0.15, 0.2) is 0 Å². The molecule has 5 heteroatoms. The summed E-state index contributed by atoms with van der Waals surface area (Å²) < 4.78 is 5.32. The smallest absolute Gasteiger partial charge is 0.0944 e. The summed E-state index contributed by atoms with van der Waals surface area (Å²) in [6, 6.07) is 2.19. The van der Waals surface area contributed by atoms with Crippen molar-refractivity contribution in [1.82, 2.24) is 9.88 Å². The molecule has 0 saturated carbocycles. The molecule has 0 unspecified atom stereocenters. The van der Waals surface area contributed by atoms with E-state index in [-0.39, 0.29) is 0 Å². The third-order valence-electron chi connectivity index (χ3n) is 2.92. The third-order valence-corrected chi connectivity index (χ3v) is 4.14. The standard InChI is InChI=1S/C12H17N3OS/c1-10-11(2-4-13)17-12(14-10)3-5-15-6-8-16-9-7-15/h2-3,5-9H2,1H3. The zero-order valence-corrected chi connectivity index (χ0v) is 10.9. The summed E-state index contributed by atoms with van der Waals surface area (Å²) in [7, 11) is 0. The van der Waals surface area contributed by atoms with Crippen molar-refractivity contribution in [3.05, 3.63) is 15.6 Å². The van der Waals surface area contributed by atoms with Crippen LogP contribution < -0.4 is 0 Å². The van der Waals surface area contributed by atoms with Gasteiger partial charge in [-0.2, -0.15) is 5.26 Å². The van der Waals surface area contributed by atoms with Crippen LogP contribution in [0.1, 0.15) is 15.6 Å². The third kappa shape index (κ3) is 3.50. The average molecular weight is 251 g/mol. The van der Waals surface area contributed by atoms with E-state index in [1.165, 1.54) is 0 Å². The van der Waals surface area contributed by atoms with Crippen molar-refractivity contribution in [2.45, 2.75) is 19.8 Å². The zero-order chi connectivity index (χ0) is 12.1. The van der Waals surface area contributed by atoms with Gasteiger partial charge >= 0.3 is 0 Å². The second kappa shape index (κ2) is 6.10. The molecule has 92 valence electrons. The molecule has 17 heavy (non-hydrogen) atoms. The van der Waals surface area contributed by atoms with E-state index in [2.05, 4.69) is 16.0 Å². The second-order valence-corrected chi connectivity index (χ2v) is 5.32. The summed E-state index contributed by atoms with van der Waals surface area (Å²) in [5.41, 5.74) is 1.02. The molecule has 1 aromatic heterocycles. The van der Waals surface area contributed by atoms with Crippen molar-refractivity contribution in [3.63, 3.8) is 0 Å². The maximum absolute atomic E-state index is 8.69. The molecule has 0 amide bonds. The summed E-state index contributed by atoms with van der Waals surface area (Å²) in [5.74, 6) is 0. The van der Waals surface area contributed by atoms with Crippen LogP contribution in [0.15, 0.2) is 0 Å². The Morgan fingerprint density at radius 2 is 2.24 bits per heavy atom. The van der Waals surface area contributed by atoms with Gasteiger partial charge in [0.05, 0.1) is 36.4 Å². The Bertz CT molecular complexity index is 404. The first-order chi connectivity index (χ1) is 8.29. The topological polar surface area (TPSA) is 49.2 Å². The number of aryl methyl sites for hydroxylation is 1. The van der Waals surface area contributed by atoms with Crippen molar-refractivity contribution in [2.24, 2.45) is 0 Å². The first-order valence-electron chi connectivity index (χ1n) is 5.92. The maximum atomic E-state index is 8.69. The molecule has 0 aromatic carbocycles. The summed E-state index contributed by atoms with van der Waals surface area (Å²) in [6.07, 6.45) is 1.47. The minimum Gasteiger partial charge on any atom is -0.379 e. The van der Waals surface area contributed by atoms with Gasteiger partial charge < -0.3 is 4.74 Å². The van der Waals surface area contributed by atoms with Gasteiger partial charge in [0.2, 0.25) is 0 Å². The number of ether oxygens (including phenoxy) is 1. The van der Waals surface area contributed by atoms with Gasteiger partial charge in [-0.05, 0) is 6.92 Å². The predicted molar refractivity (Wildman–Crippen MR) is 67.1 cm³/mol. The van der Waals surface area contributed by atoms with Gasteiger partial charge in [0.25, 0.3) is 0 Å². The van der Waals surface area contributed by atoms with Crippen LogP contribution in [-0.2, 0) is 17.6 Å². The number of nitrogens with zero attached hydrogens (tertiary/aromatic N) is 3. The highest BCUT2D eigenvalue weighted by Crippen LogP contribution is 2.19. The highest BCUT2D eigenvalue weighted by molar-refractivity contribution is 7.11. The molecule has 0 atom stereocenters. The van der Waals surface area contributed by atoms with Crippen LogP contribution in [0.5, 0.6) is 0 Å². The van der Waals surface area contributed by atoms with Crippen molar-refractivity contribution in [2.75, 3.05) is 32.8 Å². The molecule has 0 bridgehead atoms. The quantitative estimate of drug-likeness (QED) is 0.811. The molecule has 1 saturated heterocycles. The lowest BCUT2D eigenvalue weighted by atomic mass is 10.3. The van der Waals surface area contributed by atoms with Crippen LogP contribution in [0.4, 0.5) is 0 Å². The molecule has 1 aromatic rings. The minimum absolute atomic E-state index is 0.487. The summed E-state index contributed by atoms with van der Waals surface area (Å²) in [5, 5.41) is 9.85. The number of hydrogen-bond acceptors (Lipinski definition) is 5.